The maximum Gasteiger partial charge on any atom is 0.157 e. The lowest BCUT2D eigenvalue weighted by atomic mass is 10.1. The molecule has 0 amide bonds. The molecular weight excluding hydrogens is 218 g/mol. The first kappa shape index (κ1) is 11.5. The van der Waals surface area contributed by atoms with E-state index >= 15 is 0 Å². The van der Waals surface area contributed by atoms with E-state index in [0.717, 1.165) is 16.6 Å². The number of aliphatic imine (C=N–C) groups is 1. The van der Waals surface area contributed by atoms with Gasteiger partial charge in [-0.15, -0.1) is 0 Å². The third-order valence-electron chi connectivity index (χ3n) is 2.62. The standard InChI is InChI=1S/C12H17N3S/c1-9(2)11-8-16-12(15-11)14-7-10-5-3-4-6-13-10/h3-6,9,11H,7-8H2,1-2H3,(H,14,15). The molecular formula is C12H17N3S. The summed E-state index contributed by atoms with van der Waals surface area (Å²) in [6.07, 6.45) is 1.81. The second-order valence-corrected chi connectivity index (χ2v) is 5.26. The number of aromatic nitrogens is 1. The molecule has 0 spiro atoms. The summed E-state index contributed by atoms with van der Waals surface area (Å²) in [5, 5.41) is 4.51. The third kappa shape index (κ3) is 2.98. The lowest BCUT2D eigenvalue weighted by Crippen LogP contribution is -2.31. The molecule has 0 aromatic carbocycles. The molecule has 1 unspecified atom stereocenters. The molecule has 1 atom stereocenters. The molecule has 1 aromatic rings. The van der Waals surface area contributed by atoms with Gasteiger partial charge in [0, 0.05) is 18.0 Å². The van der Waals surface area contributed by atoms with E-state index < -0.39 is 0 Å². The Morgan fingerprint density at radius 3 is 3.06 bits per heavy atom. The van der Waals surface area contributed by atoms with Gasteiger partial charge in [0.05, 0.1) is 12.2 Å². The summed E-state index contributed by atoms with van der Waals surface area (Å²) in [6, 6.07) is 6.49. The van der Waals surface area contributed by atoms with Crippen molar-refractivity contribution in [2.75, 3.05) is 5.75 Å². The van der Waals surface area contributed by atoms with Gasteiger partial charge in [-0.25, -0.2) is 0 Å². The fourth-order valence-corrected chi connectivity index (χ4v) is 2.70. The van der Waals surface area contributed by atoms with Crippen LogP contribution in [0.1, 0.15) is 19.5 Å². The van der Waals surface area contributed by atoms with Crippen molar-refractivity contribution >= 4 is 16.9 Å². The van der Waals surface area contributed by atoms with Gasteiger partial charge in [0.2, 0.25) is 0 Å². The Morgan fingerprint density at radius 2 is 2.44 bits per heavy atom. The van der Waals surface area contributed by atoms with E-state index in [2.05, 4.69) is 29.1 Å². The van der Waals surface area contributed by atoms with Crippen molar-refractivity contribution in [3.05, 3.63) is 30.1 Å². The number of rotatable bonds is 3. The highest BCUT2D eigenvalue weighted by atomic mass is 32.2. The summed E-state index contributed by atoms with van der Waals surface area (Å²) in [7, 11) is 0. The normalized spacial score (nSPS) is 22.7. The van der Waals surface area contributed by atoms with Crippen molar-refractivity contribution in [1.29, 1.82) is 0 Å². The number of nitrogens with zero attached hydrogens (tertiary/aromatic N) is 2. The molecule has 1 N–H and O–H groups in total. The molecule has 86 valence electrons. The molecule has 1 aromatic heterocycles. The summed E-state index contributed by atoms with van der Waals surface area (Å²) < 4.78 is 0. The summed E-state index contributed by atoms with van der Waals surface area (Å²) in [5.41, 5.74) is 1.02. The summed E-state index contributed by atoms with van der Waals surface area (Å²) >= 11 is 1.81. The van der Waals surface area contributed by atoms with E-state index in [1.54, 1.807) is 0 Å². The Kier molecular flexibility index (Phi) is 3.83. The van der Waals surface area contributed by atoms with Gasteiger partial charge in [0.1, 0.15) is 0 Å². The van der Waals surface area contributed by atoms with Gasteiger partial charge in [-0.1, -0.05) is 31.7 Å². The minimum absolute atomic E-state index is 0.562. The van der Waals surface area contributed by atoms with Gasteiger partial charge < -0.3 is 5.32 Å². The molecule has 1 aliphatic heterocycles. The second-order valence-electron chi connectivity index (χ2n) is 4.25. The van der Waals surface area contributed by atoms with Crippen molar-refractivity contribution in [2.45, 2.75) is 26.4 Å². The first-order valence-electron chi connectivity index (χ1n) is 5.59. The number of hydrogen-bond acceptors (Lipinski definition) is 3. The molecule has 0 aliphatic carbocycles. The molecule has 1 aliphatic rings. The number of pyridine rings is 1. The molecule has 0 radical (unpaired) electrons. The minimum Gasteiger partial charge on any atom is -0.361 e. The Balaban J connectivity index is 1.90. The van der Waals surface area contributed by atoms with Crippen molar-refractivity contribution < 1.29 is 0 Å². The topological polar surface area (TPSA) is 37.3 Å². The van der Waals surface area contributed by atoms with E-state index in [0.29, 0.717) is 18.5 Å². The number of nitrogens with one attached hydrogen (secondary N) is 1. The molecule has 0 saturated carbocycles. The first-order valence-corrected chi connectivity index (χ1v) is 6.58. The minimum atomic E-state index is 0.562. The largest absolute Gasteiger partial charge is 0.361 e. The van der Waals surface area contributed by atoms with Crippen LogP contribution >= 0.6 is 11.8 Å². The van der Waals surface area contributed by atoms with Crippen molar-refractivity contribution in [2.24, 2.45) is 10.9 Å². The smallest absolute Gasteiger partial charge is 0.157 e. The van der Waals surface area contributed by atoms with Crippen LogP contribution in [0.3, 0.4) is 0 Å². The lowest BCUT2D eigenvalue weighted by molar-refractivity contribution is 0.503. The van der Waals surface area contributed by atoms with Gasteiger partial charge in [-0.05, 0) is 18.1 Å². The molecule has 0 bridgehead atoms. The Labute approximate surface area is 101 Å². The highest BCUT2D eigenvalue weighted by Gasteiger charge is 2.22. The van der Waals surface area contributed by atoms with E-state index in [4.69, 9.17) is 0 Å². The summed E-state index contributed by atoms with van der Waals surface area (Å²) in [6.45, 7) is 5.14. The average Bonchev–Trinajstić information content (AvgIpc) is 2.76. The lowest BCUT2D eigenvalue weighted by Gasteiger charge is -2.12. The Morgan fingerprint density at radius 1 is 1.56 bits per heavy atom. The molecule has 3 nitrogen and oxygen atoms in total. The fourth-order valence-electron chi connectivity index (χ4n) is 1.51. The molecule has 2 heterocycles. The van der Waals surface area contributed by atoms with Crippen molar-refractivity contribution in [3.8, 4) is 0 Å². The van der Waals surface area contributed by atoms with E-state index in [1.807, 2.05) is 36.2 Å². The molecule has 16 heavy (non-hydrogen) atoms. The zero-order valence-electron chi connectivity index (χ0n) is 9.68. The summed E-state index contributed by atoms with van der Waals surface area (Å²) in [4.78, 5) is 8.78. The quantitative estimate of drug-likeness (QED) is 0.873. The third-order valence-corrected chi connectivity index (χ3v) is 3.67. The number of thioether (sulfide) groups is 1. The zero-order valence-corrected chi connectivity index (χ0v) is 10.5. The van der Waals surface area contributed by atoms with Gasteiger partial charge >= 0.3 is 0 Å². The van der Waals surface area contributed by atoms with Gasteiger partial charge in [0.25, 0.3) is 0 Å². The van der Waals surface area contributed by atoms with Gasteiger partial charge in [0.15, 0.2) is 5.17 Å². The van der Waals surface area contributed by atoms with Crippen LogP contribution in [-0.4, -0.2) is 21.9 Å². The van der Waals surface area contributed by atoms with Crippen LogP contribution in [0, 0.1) is 5.92 Å². The van der Waals surface area contributed by atoms with Gasteiger partial charge in [-0.3, -0.25) is 9.98 Å². The Bertz CT molecular complexity index is 362. The predicted octanol–water partition coefficient (Wildman–Crippen LogP) is 2.30. The van der Waals surface area contributed by atoms with Crippen LogP contribution < -0.4 is 5.32 Å². The predicted molar refractivity (Wildman–Crippen MR) is 69.6 cm³/mol. The van der Waals surface area contributed by atoms with Crippen LogP contribution in [0.15, 0.2) is 29.4 Å². The SMILES string of the molecule is CC(C)C1CSC(=NCc2ccccn2)N1. The molecule has 4 heteroatoms. The van der Waals surface area contributed by atoms with E-state index in [1.165, 1.54) is 0 Å². The molecule has 2 rings (SSSR count). The van der Waals surface area contributed by atoms with Crippen molar-refractivity contribution in [3.63, 3.8) is 0 Å². The van der Waals surface area contributed by atoms with Crippen LogP contribution in [0.2, 0.25) is 0 Å². The average molecular weight is 235 g/mol. The van der Waals surface area contributed by atoms with E-state index in [9.17, 15) is 0 Å². The van der Waals surface area contributed by atoms with Crippen LogP contribution in [0.4, 0.5) is 0 Å². The highest BCUT2D eigenvalue weighted by Crippen LogP contribution is 2.19. The maximum absolute atomic E-state index is 4.53. The van der Waals surface area contributed by atoms with Crippen LogP contribution in [0.5, 0.6) is 0 Å². The first-order chi connectivity index (χ1) is 7.75. The van der Waals surface area contributed by atoms with Crippen LogP contribution in [-0.2, 0) is 6.54 Å². The second kappa shape index (κ2) is 5.34. The zero-order chi connectivity index (χ0) is 11.4. The highest BCUT2D eigenvalue weighted by molar-refractivity contribution is 8.14. The monoisotopic (exact) mass is 235 g/mol. The van der Waals surface area contributed by atoms with Crippen molar-refractivity contribution in [1.82, 2.24) is 10.3 Å². The van der Waals surface area contributed by atoms with E-state index in [-0.39, 0.29) is 0 Å². The number of hydrogen-bond donors (Lipinski definition) is 1. The fraction of sp³-hybridized carbons (Fsp3) is 0.500. The van der Waals surface area contributed by atoms with Gasteiger partial charge in [-0.2, -0.15) is 0 Å². The maximum atomic E-state index is 4.53. The number of amidine groups is 1. The molecule has 1 fully saturated rings. The summed E-state index contributed by atoms with van der Waals surface area (Å²) in [5.74, 6) is 1.79. The van der Waals surface area contributed by atoms with Crippen LogP contribution in [0.25, 0.3) is 0 Å². The Hall–Kier alpha value is -1.03. The molecule has 1 saturated heterocycles.